The summed E-state index contributed by atoms with van der Waals surface area (Å²) in [6, 6.07) is 7.45. The van der Waals surface area contributed by atoms with E-state index in [1.54, 1.807) is 6.92 Å². The zero-order valence-electron chi connectivity index (χ0n) is 14.8. The standard InChI is InChI=1S/C18H20ClN5O2S/c1-10-21-18-24(22-10)17(26)15(27-18)14(12-3-2-4-13(19)9-12)23-7-5-11(6-8-23)16(20)25/h2-4,9,11,14,26H,5-8H2,1H3,(H2,20,25). The van der Waals surface area contributed by atoms with Gasteiger partial charge in [0.1, 0.15) is 5.82 Å². The normalized spacial score (nSPS) is 17.4. The second-order valence-electron chi connectivity index (χ2n) is 6.81. The van der Waals surface area contributed by atoms with E-state index < -0.39 is 0 Å². The number of carbonyl (C=O) groups is 1. The molecule has 0 spiro atoms. The van der Waals surface area contributed by atoms with Crippen LogP contribution in [-0.2, 0) is 4.79 Å². The van der Waals surface area contributed by atoms with Crippen molar-refractivity contribution in [1.29, 1.82) is 0 Å². The number of hydrogen-bond acceptors (Lipinski definition) is 6. The van der Waals surface area contributed by atoms with Gasteiger partial charge in [-0.3, -0.25) is 9.69 Å². The molecule has 142 valence electrons. The largest absolute Gasteiger partial charge is 0.492 e. The zero-order valence-corrected chi connectivity index (χ0v) is 16.4. The molecule has 0 saturated carbocycles. The summed E-state index contributed by atoms with van der Waals surface area (Å²) in [7, 11) is 0. The molecule has 3 aromatic rings. The maximum atomic E-state index is 11.5. The van der Waals surface area contributed by atoms with Crippen LogP contribution in [0.25, 0.3) is 4.96 Å². The predicted octanol–water partition coefficient (Wildman–Crippen LogP) is 2.74. The van der Waals surface area contributed by atoms with Gasteiger partial charge in [-0.05, 0) is 50.6 Å². The number of likely N-dealkylation sites (tertiary alicyclic amines) is 1. The Morgan fingerprint density at radius 2 is 2.15 bits per heavy atom. The average Bonchev–Trinajstić information content (AvgIpc) is 3.14. The van der Waals surface area contributed by atoms with Gasteiger partial charge in [0.05, 0.1) is 10.9 Å². The lowest BCUT2D eigenvalue weighted by Crippen LogP contribution is -2.40. The first-order chi connectivity index (χ1) is 12.9. The summed E-state index contributed by atoms with van der Waals surface area (Å²) in [4.78, 5) is 19.6. The van der Waals surface area contributed by atoms with Gasteiger partial charge in [0.25, 0.3) is 0 Å². The first-order valence-electron chi connectivity index (χ1n) is 8.78. The molecule has 0 bridgehead atoms. The molecule has 4 rings (SSSR count). The minimum absolute atomic E-state index is 0.0950. The smallest absolute Gasteiger partial charge is 0.230 e. The van der Waals surface area contributed by atoms with Crippen LogP contribution in [-0.4, -0.2) is 43.6 Å². The summed E-state index contributed by atoms with van der Waals surface area (Å²) in [6.45, 7) is 3.20. The molecule has 1 fully saturated rings. The van der Waals surface area contributed by atoms with Crippen molar-refractivity contribution in [3.63, 3.8) is 0 Å². The molecule has 1 atom stereocenters. The molecule has 1 amide bonds. The lowest BCUT2D eigenvalue weighted by molar-refractivity contribution is -0.123. The number of piperidine rings is 1. The summed E-state index contributed by atoms with van der Waals surface area (Å²) < 4.78 is 1.48. The summed E-state index contributed by atoms with van der Waals surface area (Å²) in [5, 5.41) is 15.7. The molecular formula is C18H20ClN5O2S. The van der Waals surface area contributed by atoms with E-state index in [1.807, 2.05) is 24.3 Å². The quantitative estimate of drug-likeness (QED) is 0.695. The highest BCUT2D eigenvalue weighted by molar-refractivity contribution is 7.17. The molecule has 3 heterocycles. The fraction of sp³-hybridized carbons (Fsp3) is 0.389. The van der Waals surface area contributed by atoms with Crippen LogP contribution < -0.4 is 5.73 Å². The van der Waals surface area contributed by atoms with E-state index in [0.29, 0.717) is 41.7 Å². The third-order valence-electron chi connectivity index (χ3n) is 5.02. The minimum Gasteiger partial charge on any atom is -0.492 e. The van der Waals surface area contributed by atoms with Crippen LogP contribution in [0.3, 0.4) is 0 Å². The highest BCUT2D eigenvalue weighted by atomic mass is 35.5. The van der Waals surface area contributed by atoms with Crippen LogP contribution in [0.4, 0.5) is 0 Å². The van der Waals surface area contributed by atoms with Crippen LogP contribution in [0.5, 0.6) is 5.88 Å². The van der Waals surface area contributed by atoms with Gasteiger partial charge < -0.3 is 10.8 Å². The van der Waals surface area contributed by atoms with E-state index in [1.165, 1.54) is 15.9 Å². The maximum absolute atomic E-state index is 11.5. The van der Waals surface area contributed by atoms with Crippen molar-refractivity contribution in [2.75, 3.05) is 13.1 Å². The summed E-state index contributed by atoms with van der Waals surface area (Å²) in [5.41, 5.74) is 6.46. The topological polar surface area (TPSA) is 96.8 Å². The molecule has 0 radical (unpaired) electrons. The number of benzene rings is 1. The molecule has 9 heteroatoms. The Kier molecular flexibility index (Phi) is 4.79. The Balaban J connectivity index is 1.75. The Hall–Kier alpha value is -2.16. The molecule has 1 unspecified atom stereocenters. The van der Waals surface area contributed by atoms with E-state index in [0.717, 1.165) is 10.4 Å². The van der Waals surface area contributed by atoms with Crippen molar-refractivity contribution in [2.45, 2.75) is 25.8 Å². The summed E-state index contributed by atoms with van der Waals surface area (Å²) >= 11 is 7.65. The van der Waals surface area contributed by atoms with Gasteiger partial charge in [-0.25, -0.2) is 4.98 Å². The summed E-state index contributed by atoms with van der Waals surface area (Å²) in [5.74, 6) is 0.369. The Labute approximate surface area is 165 Å². The molecule has 1 aromatic carbocycles. The van der Waals surface area contributed by atoms with Crippen LogP contribution in [0.2, 0.25) is 5.02 Å². The van der Waals surface area contributed by atoms with Gasteiger partial charge in [0.2, 0.25) is 16.7 Å². The zero-order chi connectivity index (χ0) is 19.1. The van der Waals surface area contributed by atoms with Crippen molar-refractivity contribution in [3.8, 4) is 5.88 Å². The average molecular weight is 406 g/mol. The second-order valence-corrected chi connectivity index (χ2v) is 8.26. The van der Waals surface area contributed by atoms with E-state index in [2.05, 4.69) is 15.0 Å². The van der Waals surface area contributed by atoms with Crippen molar-refractivity contribution in [2.24, 2.45) is 11.7 Å². The highest BCUT2D eigenvalue weighted by Crippen LogP contribution is 2.41. The van der Waals surface area contributed by atoms with Crippen LogP contribution in [0.1, 0.15) is 35.1 Å². The Bertz CT molecular complexity index is 993. The van der Waals surface area contributed by atoms with Gasteiger partial charge in [0, 0.05) is 10.9 Å². The number of hydrogen-bond donors (Lipinski definition) is 2. The molecule has 1 saturated heterocycles. The third kappa shape index (κ3) is 3.40. The number of halogens is 1. The number of aryl methyl sites for hydroxylation is 1. The van der Waals surface area contributed by atoms with Crippen molar-refractivity contribution in [3.05, 3.63) is 45.6 Å². The molecule has 1 aliphatic heterocycles. The number of rotatable bonds is 4. The fourth-order valence-electron chi connectivity index (χ4n) is 3.67. The number of nitrogens with zero attached hydrogens (tertiary/aromatic N) is 4. The lowest BCUT2D eigenvalue weighted by atomic mass is 9.93. The molecule has 2 aromatic heterocycles. The maximum Gasteiger partial charge on any atom is 0.230 e. The number of carbonyl (C=O) groups excluding carboxylic acids is 1. The van der Waals surface area contributed by atoms with E-state index in [-0.39, 0.29) is 23.7 Å². The number of amides is 1. The van der Waals surface area contributed by atoms with E-state index in [4.69, 9.17) is 17.3 Å². The van der Waals surface area contributed by atoms with Gasteiger partial charge >= 0.3 is 0 Å². The molecule has 1 aliphatic rings. The number of nitrogens with two attached hydrogens (primary N) is 1. The van der Waals surface area contributed by atoms with Gasteiger partial charge in [-0.1, -0.05) is 35.1 Å². The first kappa shape index (κ1) is 18.2. The number of aromatic hydroxyl groups is 1. The van der Waals surface area contributed by atoms with Crippen LogP contribution >= 0.6 is 22.9 Å². The second kappa shape index (κ2) is 7.10. The molecule has 7 nitrogen and oxygen atoms in total. The van der Waals surface area contributed by atoms with Gasteiger partial charge in [-0.15, -0.1) is 5.10 Å². The third-order valence-corrected chi connectivity index (χ3v) is 6.32. The Morgan fingerprint density at radius 3 is 2.78 bits per heavy atom. The predicted molar refractivity (Wildman–Crippen MR) is 104 cm³/mol. The van der Waals surface area contributed by atoms with Gasteiger partial charge in [-0.2, -0.15) is 4.52 Å². The number of primary amides is 1. The van der Waals surface area contributed by atoms with E-state index >= 15 is 0 Å². The van der Waals surface area contributed by atoms with Crippen LogP contribution in [0, 0.1) is 12.8 Å². The Morgan fingerprint density at radius 1 is 1.41 bits per heavy atom. The SMILES string of the molecule is Cc1nc2sc(C(c3cccc(Cl)c3)N3CCC(C(N)=O)CC3)c(O)n2n1. The van der Waals surface area contributed by atoms with Crippen molar-refractivity contribution < 1.29 is 9.90 Å². The lowest BCUT2D eigenvalue weighted by Gasteiger charge is -2.36. The summed E-state index contributed by atoms with van der Waals surface area (Å²) in [6.07, 6.45) is 1.40. The molecule has 3 N–H and O–H groups in total. The van der Waals surface area contributed by atoms with Crippen molar-refractivity contribution >= 4 is 33.8 Å². The molecular weight excluding hydrogens is 386 g/mol. The van der Waals surface area contributed by atoms with Crippen molar-refractivity contribution in [1.82, 2.24) is 19.5 Å². The number of thiazole rings is 1. The van der Waals surface area contributed by atoms with E-state index in [9.17, 15) is 9.90 Å². The first-order valence-corrected chi connectivity index (χ1v) is 9.97. The number of fused-ring (bicyclic) bond motifs is 1. The number of aromatic nitrogens is 3. The minimum atomic E-state index is -0.244. The fourth-order valence-corrected chi connectivity index (χ4v) is 5.03. The molecule has 27 heavy (non-hydrogen) atoms. The monoisotopic (exact) mass is 405 g/mol. The van der Waals surface area contributed by atoms with Gasteiger partial charge in [0.15, 0.2) is 0 Å². The highest BCUT2D eigenvalue weighted by Gasteiger charge is 2.33. The van der Waals surface area contributed by atoms with Crippen LogP contribution in [0.15, 0.2) is 24.3 Å². The molecule has 0 aliphatic carbocycles.